The van der Waals surface area contributed by atoms with Crippen LogP contribution in [0.25, 0.3) is 5.69 Å². The second-order valence-corrected chi connectivity index (χ2v) is 7.67. The minimum absolute atomic E-state index is 0.357. The molecule has 0 atom stereocenters. The quantitative estimate of drug-likeness (QED) is 0.516. The molecule has 0 aliphatic heterocycles. The molecule has 0 amide bonds. The molecule has 1 saturated carbocycles. The summed E-state index contributed by atoms with van der Waals surface area (Å²) in [6.07, 6.45) is 11.0. The Balaban J connectivity index is 1.44. The van der Waals surface area contributed by atoms with Crippen LogP contribution in [0, 0.1) is 5.41 Å². The molecule has 0 bridgehead atoms. The van der Waals surface area contributed by atoms with Crippen molar-refractivity contribution in [3.8, 4) is 5.69 Å². The van der Waals surface area contributed by atoms with Gasteiger partial charge in [-0.25, -0.2) is 4.68 Å². The van der Waals surface area contributed by atoms with E-state index in [0.717, 1.165) is 44.2 Å². The molecule has 2 N–H and O–H groups in total. The minimum atomic E-state index is 0.357. The van der Waals surface area contributed by atoms with E-state index in [-0.39, 0.29) is 0 Å². The van der Waals surface area contributed by atoms with E-state index in [1.807, 2.05) is 24.0 Å². The van der Waals surface area contributed by atoms with E-state index in [9.17, 15) is 0 Å². The number of hydrogen-bond acceptors (Lipinski definition) is 3. The average Bonchev–Trinajstić information content (AvgIpc) is 3.42. The van der Waals surface area contributed by atoms with Crippen molar-refractivity contribution >= 4 is 5.96 Å². The normalized spacial score (nSPS) is 16.3. The number of aromatic nitrogens is 2. The van der Waals surface area contributed by atoms with Crippen molar-refractivity contribution in [3.63, 3.8) is 0 Å². The lowest BCUT2D eigenvalue weighted by atomic mass is 9.83. The zero-order chi connectivity index (χ0) is 19.7. The van der Waals surface area contributed by atoms with Gasteiger partial charge in [-0.2, -0.15) is 5.10 Å². The molecule has 152 valence electrons. The van der Waals surface area contributed by atoms with Gasteiger partial charge in [0.05, 0.1) is 5.69 Å². The van der Waals surface area contributed by atoms with Crippen molar-refractivity contribution < 1.29 is 4.74 Å². The first-order valence-electron chi connectivity index (χ1n) is 10.3. The summed E-state index contributed by atoms with van der Waals surface area (Å²) in [5.41, 5.74) is 2.74. The number of nitrogens with one attached hydrogen (secondary N) is 2. The van der Waals surface area contributed by atoms with Crippen LogP contribution in [-0.2, 0) is 11.2 Å². The Labute approximate surface area is 168 Å². The number of methoxy groups -OCH3 is 1. The number of benzene rings is 1. The summed E-state index contributed by atoms with van der Waals surface area (Å²) in [5.74, 6) is 0.886. The van der Waals surface area contributed by atoms with E-state index in [1.165, 1.54) is 31.2 Å². The summed E-state index contributed by atoms with van der Waals surface area (Å²) >= 11 is 0. The Hall–Kier alpha value is -2.34. The van der Waals surface area contributed by atoms with Crippen LogP contribution in [0.5, 0.6) is 0 Å². The Morgan fingerprint density at radius 2 is 2.00 bits per heavy atom. The molecule has 28 heavy (non-hydrogen) atoms. The van der Waals surface area contributed by atoms with Crippen LogP contribution in [0.1, 0.15) is 37.7 Å². The van der Waals surface area contributed by atoms with Gasteiger partial charge in [-0.1, -0.05) is 25.0 Å². The molecule has 1 fully saturated rings. The molecule has 6 nitrogen and oxygen atoms in total. The van der Waals surface area contributed by atoms with Crippen LogP contribution in [-0.4, -0.2) is 49.6 Å². The summed E-state index contributed by atoms with van der Waals surface area (Å²) in [4.78, 5) is 4.39. The highest BCUT2D eigenvalue weighted by Gasteiger charge is 2.33. The van der Waals surface area contributed by atoms with Gasteiger partial charge < -0.3 is 15.4 Å². The van der Waals surface area contributed by atoms with Crippen LogP contribution in [0.3, 0.4) is 0 Å². The van der Waals surface area contributed by atoms with Gasteiger partial charge in [-0.05, 0) is 54.9 Å². The molecular formula is C22H33N5O. The van der Waals surface area contributed by atoms with Crippen LogP contribution in [0.2, 0.25) is 0 Å². The van der Waals surface area contributed by atoms with Crippen LogP contribution in [0.4, 0.5) is 0 Å². The SMILES string of the molecule is CN=C(NCCc1ccc(-n2cccn2)cc1)NCC1(CCOC)CCCC1. The Morgan fingerprint density at radius 1 is 1.21 bits per heavy atom. The van der Waals surface area contributed by atoms with Crippen molar-refractivity contribution in [2.45, 2.75) is 38.5 Å². The Bertz CT molecular complexity index is 718. The van der Waals surface area contributed by atoms with Gasteiger partial charge in [0.1, 0.15) is 0 Å². The van der Waals surface area contributed by atoms with Crippen molar-refractivity contribution in [2.75, 3.05) is 33.9 Å². The van der Waals surface area contributed by atoms with Gasteiger partial charge in [0.15, 0.2) is 5.96 Å². The molecule has 2 aromatic rings. The predicted octanol–water partition coefficient (Wildman–Crippen LogP) is 3.18. The molecule has 6 heteroatoms. The second-order valence-electron chi connectivity index (χ2n) is 7.67. The summed E-state index contributed by atoms with van der Waals surface area (Å²) in [5, 5.41) is 11.3. The maximum absolute atomic E-state index is 5.33. The zero-order valence-electron chi connectivity index (χ0n) is 17.2. The Kier molecular flexibility index (Phi) is 7.48. The smallest absolute Gasteiger partial charge is 0.191 e. The molecule has 1 aromatic carbocycles. The summed E-state index contributed by atoms with van der Waals surface area (Å²) in [7, 11) is 3.63. The molecule has 1 aliphatic carbocycles. The van der Waals surface area contributed by atoms with Gasteiger partial charge >= 0.3 is 0 Å². The molecule has 1 aromatic heterocycles. The van der Waals surface area contributed by atoms with Gasteiger partial charge in [0.2, 0.25) is 0 Å². The van der Waals surface area contributed by atoms with E-state index in [2.05, 4.69) is 45.0 Å². The highest BCUT2D eigenvalue weighted by atomic mass is 16.5. The van der Waals surface area contributed by atoms with Crippen LogP contribution in [0.15, 0.2) is 47.7 Å². The largest absolute Gasteiger partial charge is 0.385 e. The number of guanidine groups is 1. The van der Waals surface area contributed by atoms with E-state index >= 15 is 0 Å². The van der Waals surface area contributed by atoms with Gasteiger partial charge in [-0.15, -0.1) is 0 Å². The lowest BCUT2D eigenvalue weighted by Crippen LogP contribution is -2.43. The first-order valence-corrected chi connectivity index (χ1v) is 10.3. The number of nitrogens with zero attached hydrogens (tertiary/aromatic N) is 3. The lowest BCUT2D eigenvalue weighted by Gasteiger charge is -2.30. The number of ether oxygens (including phenoxy) is 1. The van der Waals surface area contributed by atoms with E-state index in [1.54, 1.807) is 13.3 Å². The highest BCUT2D eigenvalue weighted by Crippen LogP contribution is 2.40. The Morgan fingerprint density at radius 3 is 2.64 bits per heavy atom. The van der Waals surface area contributed by atoms with Crippen LogP contribution < -0.4 is 10.6 Å². The predicted molar refractivity (Wildman–Crippen MR) is 114 cm³/mol. The third kappa shape index (κ3) is 5.58. The third-order valence-electron chi connectivity index (χ3n) is 5.77. The van der Waals surface area contributed by atoms with Crippen molar-refractivity contribution in [1.29, 1.82) is 0 Å². The van der Waals surface area contributed by atoms with Gasteiger partial charge in [0.25, 0.3) is 0 Å². The molecule has 1 aliphatic rings. The fourth-order valence-electron chi connectivity index (χ4n) is 4.01. The van der Waals surface area contributed by atoms with Crippen molar-refractivity contribution in [1.82, 2.24) is 20.4 Å². The highest BCUT2D eigenvalue weighted by molar-refractivity contribution is 5.79. The molecular weight excluding hydrogens is 350 g/mol. The first kappa shape index (κ1) is 20.4. The van der Waals surface area contributed by atoms with Crippen LogP contribution >= 0.6 is 0 Å². The maximum Gasteiger partial charge on any atom is 0.191 e. The maximum atomic E-state index is 5.33. The van der Waals surface area contributed by atoms with Gasteiger partial charge in [0, 0.05) is 46.2 Å². The third-order valence-corrected chi connectivity index (χ3v) is 5.77. The topological polar surface area (TPSA) is 63.5 Å². The summed E-state index contributed by atoms with van der Waals surface area (Å²) in [6.45, 7) is 2.66. The molecule has 0 unspecified atom stereocenters. The van der Waals surface area contributed by atoms with E-state index in [4.69, 9.17) is 4.74 Å². The fraction of sp³-hybridized carbons (Fsp3) is 0.545. The minimum Gasteiger partial charge on any atom is -0.385 e. The summed E-state index contributed by atoms with van der Waals surface area (Å²) in [6, 6.07) is 10.5. The van der Waals surface area contributed by atoms with E-state index in [0.29, 0.717) is 5.41 Å². The number of hydrogen-bond donors (Lipinski definition) is 2. The monoisotopic (exact) mass is 383 g/mol. The number of aliphatic imine (C=N–C) groups is 1. The summed E-state index contributed by atoms with van der Waals surface area (Å²) < 4.78 is 7.20. The molecule has 0 saturated heterocycles. The van der Waals surface area contributed by atoms with E-state index < -0.39 is 0 Å². The average molecular weight is 384 g/mol. The molecule has 3 rings (SSSR count). The molecule has 0 spiro atoms. The first-order chi connectivity index (χ1) is 13.7. The van der Waals surface area contributed by atoms with Crippen molar-refractivity contribution in [2.24, 2.45) is 10.4 Å². The van der Waals surface area contributed by atoms with Crippen molar-refractivity contribution in [3.05, 3.63) is 48.3 Å². The second kappa shape index (κ2) is 10.3. The zero-order valence-corrected chi connectivity index (χ0v) is 17.2. The molecule has 1 heterocycles. The lowest BCUT2D eigenvalue weighted by molar-refractivity contribution is 0.138. The van der Waals surface area contributed by atoms with Gasteiger partial charge in [-0.3, -0.25) is 4.99 Å². The molecule has 0 radical (unpaired) electrons. The fourth-order valence-corrected chi connectivity index (χ4v) is 4.01. The standard InChI is InChI=1S/C22H33N5O/c1-23-21(25-18-22(13-17-28-2)11-3-4-12-22)24-15-10-19-6-8-20(9-7-19)27-16-5-14-26-27/h5-9,14,16H,3-4,10-13,15,17-18H2,1-2H3,(H2,23,24,25). The number of rotatable bonds is 9.